The molecule has 7 nitrogen and oxygen atoms in total. The molecule has 1 aromatic heterocycles. The Hall–Kier alpha value is -3.22. The number of benzene rings is 1. The lowest BCUT2D eigenvalue weighted by Crippen LogP contribution is -2.28. The number of anilines is 1. The molecule has 2 rings (SSSR count). The number of aromatic nitrogens is 1. The minimum Gasteiger partial charge on any atom is -0.465 e. The molecule has 2 aromatic rings. The molecule has 0 saturated heterocycles. The molecule has 2 amide bonds. The van der Waals surface area contributed by atoms with Crippen LogP contribution in [0.1, 0.15) is 51.0 Å². The van der Waals surface area contributed by atoms with E-state index in [1.165, 1.54) is 19.4 Å². The number of rotatable bonds is 7. The maximum Gasteiger partial charge on any atom is 0.339 e. The maximum absolute atomic E-state index is 12.5. The van der Waals surface area contributed by atoms with Gasteiger partial charge in [-0.15, -0.1) is 0 Å². The van der Waals surface area contributed by atoms with Crippen LogP contribution in [0.2, 0.25) is 0 Å². The van der Waals surface area contributed by atoms with Crippen molar-refractivity contribution >= 4 is 23.5 Å². The summed E-state index contributed by atoms with van der Waals surface area (Å²) in [4.78, 5) is 42.5. The van der Waals surface area contributed by atoms with E-state index in [0.717, 1.165) is 12.8 Å². The normalized spacial score (nSPS) is 10.2. The van der Waals surface area contributed by atoms with Crippen LogP contribution in [0, 0.1) is 0 Å². The molecule has 0 aliphatic carbocycles. The first-order valence-corrected chi connectivity index (χ1v) is 8.68. The van der Waals surface area contributed by atoms with Gasteiger partial charge in [-0.3, -0.25) is 14.6 Å². The van der Waals surface area contributed by atoms with E-state index in [9.17, 15) is 14.4 Å². The van der Waals surface area contributed by atoms with Crippen LogP contribution in [0.15, 0.2) is 42.6 Å². The average molecular weight is 369 g/mol. The number of pyridine rings is 1. The molecule has 7 heteroatoms. The van der Waals surface area contributed by atoms with Gasteiger partial charge < -0.3 is 15.0 Å². The van der Waals surface area contributed by atoms with Crippen molar-refractivity contribution in [3.63, 3.8) is 0 Å². The Morgan fingerprint density at radius 2 is 1.93 bits per heavy atom. The molecule has 0 spiro atoms. The lowest BCUT2D eigenvalue weighted by atomic mass is 10.1. The van der Waals surface area contributed by atoms with Gasteiger partial charge in [-0.1, -0.05) is 25.5 Å². The van der Waals surface area contributed by atoms with Gasteiger partial charge in [0.15, 0.2) is 0 Å². The summed E-state index contributed by atoms with van der Waals surface area (Å²) in [7, 11) is 3.00. The second kappa shape index (κ2) is 9.47. The van der Waals surface area contributed by atoms with Crippen molar-refractivity contribution < 1.29 is 19.1 Å². The second-order valence-corrected chi connectivity index (χ2v) is 6.00. The number of nitrogens with zero attached hydrogens (tertiary/aromatic N) is 2. The van der Waals surface area contributed by atoms with Crippen molar-refractivity contribution in [2.24, 2.45) is 0 Å². The van der Waals surface area contributed by atoms with Crippen LogP contribution in [0.3, 0.4) is 0 Å². The van der Waals surface area contributed by atoms with Gasteiger partial charge in [0, 0.05) is 25.4 Å². The highest BCUT2D eigenvalue weighted by molar-refractivity contribution is 6.08. The predicted molar refractivity (Wildman–Crippen MR) is 102 cm³/mol. The van der Waals surface area contributed by atoms with Crippen LogP contribution in [-0.4, -0.2) is 48.4 Å². The minimum absolute atomic E-state index is 0.0874. The van der Waals surface area contributed by atoms with E-state index in [4.69, 9.17) is 4.74 Å². The van der Waals surface area contributed by atoms with Crippen LogP contribution < -0.4 is 5.32 Å². The Labute approximate surface area is 158 Å². The Morgan fingerprint density at radius 1 is 1.19 bits per heavy atom. The third kappa shape index (κ3) is 5.13. The highest BCUT2D eigenvalue weighted by Gasteiger charge is 2.17. The van der Waals surface area contributed by atoms with Crippen LogP contribution in [0.4, 0.5) is 5.69 Å². The molecule has 0 atom stereocenters. The molecule has 142 valence electrons. The lowest BCUT2D eigenvalue weighted by molar-refractivity contribution is 0.0601. The molecule has 1 N–H and O–H groups in total. The molecule has 0 aliphatic heterocycles. The number of hydrogen-bond donors (Lipinski definition) is 1. The largest absolute Gasteiger partial charge is 0.465 e. The highest BCUT2D eigenvalue weighted by atomic mass is 16.5. The Balaban J connectivity index is 2.19. The summed E-state index contributed by atoms with van der Waals surface area (Å²) < 4.78 is 4.72. The molecular weight excluding hydrogens is 346 g/mol. The van der Waals surface area contributed by atoms with Crippen molar-refractivity contribution in [1.29, 1.82) is 0 Å². The fraction of sp³-hybridized carbons (Fsp3) is 0.300. The summed E-state index contributed by atoms with van der Waals surface area (Å²) in [5.41, 5.74) is 1.02. The minimum atomic E-state index is -0.555. The van der Waals surface area contributed by atoms with E-state index < -0.39 is 11.9 Å². The van der Waals surface area contributed by atoms with E-state index in [1.54, 1.807) is 42.3 Å². The zero-order valence-electron chi connectivity index (χ0n) is 15.7. The number of amides is 2. The van der Waals surface area contributed by atoms with Crippen LogP contribution in [-0.2, 0) is 4.74 Å². The second-order valence-electron chi connectivity index (χ2n) is 6.00. The third-order valence-electron chi connectivity index (χ3n) is 4.01. The van der Waals surface area contributed by atoms with Gasteiger partial charge in [-0.2, -0.15) is 0 Å². The number of hydrogen-bond acceptors (Lipinski definition) is 5. The molecular formula is C20H23N3O4. The van der Waals surface area contributed by atoms with E-state index in [1.807, 2.05) is 0 Å². The number of methoxy groups -OCH3 is 1. The molecule has 0 radical (unpaired) electrons. The molecule has 1 heterocycles. The summed E-state index contributed by atoms with van der Waals surface area (Å²) in [6.45, 7) is 2.70. The van der Waals surface area contributed by atoms with Gasteiger partial charge >= 0.3 is 5.97 Å². The molecule has 0 aliphatic rings. The van der Waals surface area contributed by atoms with Crippen LogP contribution >= 0.6 is 0 Å². The Kier molecular flexibility index (Phi) is 7.05. The number of nitrogens with one attached hydrogen (secondary N) is 1. The number of carbonyl (C=O) groups is 3. The van der Waals surface area contributed by atoms with Gasteiger partial charge in [-0.25, -0.2) is 4.79 Å². The van der Waals surface area contributed by atoms with Crippen molar-refractivity contribution in [2.75, 3.05) is 26.0 Å². The summed E-state index contributed by atoms with van der Waals surface area (Å²) in [5.74, 6) is -1.24. The molecule has 0 bridgehead atoms. The van der Waals surface area contributed by atoms with Crippen LogP contribution in [0.25, 0.3) is 0 Å². The summed E-state index contributed by atoms with van der Waals surface area (Å²) in [6.07, 6.45) is 3.31. The van der Waals surface area contributed by atoms with Crippen molar-refractivity contribution in [3.05, 3.63) is 59.4 Å². The zero-order chi connectivity index (χ0) is 19.8. The van der Waals surface area contributed by atoms with Gasteiger partial charge in [0.2, 0.25) is 0 Å². The topological polar surface area (TPSA) is 88.6 Å². The molecule has 1 aromatic carbocycles. The highest BCUT2D eigenvalue weighted by Crippen LogP contribution is 2.17. The first kappa shape index (κ1) is 20.1. The van der Waals surface area contributed by atoms with Crippen molar-refractivity contribution in [2.45, 2.75) is 19.8 Å². The van der Waals surface area contributed by atoms with Gasteiger partial charge in [0.1, 0.15) is 5.69 Å². The number of esters is 1. The average Bonchev–Trinajstić information content (AvgIpc) is 2.71. The van der Waals surface area contributed by atoms with Gasteiger partial charge in [0.05, 0.1) is 18.4 Å². The number of unbranched alkanes of at least 4 members (excludes halogenated alkanes) is 1. The van der Waals surface area contributed by atoms with Crippen molar-refractivity contribution in [3.8, 4) is 0 Å². The van der Waals surface area contributed by atoms with E-state index in [2.05, 4.69) is 17.2 Å². The lowest BCUT2D eigenvalue weighted by Gasteiger charge is -2.17. The van der Waals surface area contributed by atoms with E-state index in [-0.39, 0.29) is 17.2 Å². The quantitative estimate of drug-likeness (QED) is 0.758. The Morgan fingerprint density at radius 3 is 2.63 bits per heavy atom. The summed E-state index contributed by atoms with van der Waals surface area (Å²) >= 11 is 0. The van der Waals surface area contributed by atoms with Gasteiger partial charge in [-0.05, 0) is 30.7 Å². The monoisotopic (exact) mass is 369 g/mol. The Bertz CT molecular complexity index is 835. The SMILES string of the molecule is CCCCN(C)C(=O)c1ccnc(C(=O)Nc2ccccc2C(=O)OC)c1. The summed E-state index contributed by atoms with van der Waals surface area (Å²) in [5, 5.41) is 2.64. The first-order valence-electron chi connectivity index (χ1n) is 8.68. The number of para-hydroxylation sites is 1. The fourth-order valence-corrected chi connectivity index (χ4v) is 2.47. The third-order valence-corrected chi connectivity index (χ3v) is 4.01. The van der Waals surface area contributed by atoms with E-state index in [0.29, 0.717) is 17.8 Å². The standard InChI is InChI=1S/C20H23N3O4/c1-4-5-12-23(2)19(25)14-10-11-21-17(13-14)18(24)22-16-9-7-6-8-15(16)20(26)27-3/h6-11,13H,4-5,12H2,1-3H3,(H,22,24). The predicted octanol–water partition coefficient (Wildman–Crippen LogP) is 2.99. The zero-order valence-corrected chi connectivity index (χ0v) is 15.7. The van der Waals surface area contributed by atoms with E-state index >= 15 is 0 Å². The smallest absolute Gasteiger partial charge is 0.339 e. The van der Waals surface area contributed by atoms with Crippen molar-refractivity contribution in [1.82, 2.24) is 9.88 Å². The summed E-state index contributed by atoms with van der Waals surface area (Å²) in [6, 6.07) is 9.53. The number of ether oxygens (including phenoxy) is 1. The molecule has 27 heavy (non-hydrogen) atoms. The van der Waals surface area contributed by atoms with Crippen LogP contribution in [0.5, 0.6) is 0 Å². The maximum atomic E-state index is 12.5. The first-order chi connectivity index (χ1) is 13.0. The fourth-order valence-electron chi connectivity index (χ4n) is 2.47. The molecule has 0 fully saturated rings. The number of carbonyl (C=O) groups excluding carboxylic acids is 3. The molecule has 0 saturated carbocycles. The van der Waals surface area contributed by atoms with Gasteiger partial charge in [0.25, 0.3) is 11.8 Å². The molecule has 0 unspecified atom stereocenters.